The molecule has 1 atom stereocenters. The third kappa shape index (κ3) is 3.36. The number of rotatable bonds is 3. The normalized spacial score (nSPS) is 12.5. The Kier molecular flexibility index (Phi) is 4.27. The van der Waals surface area contributed by atoms with Crippen molar-refractivity contribution in [2.24, 2.45) is 5.73 Å². The highest BCUT2D eigenvalue weighted by atomic mass is 79.9. The molecule has 0 amide bonds. The van der Waals surface area contributed by atoms with Crippen LogP contribution in [-0.2, 0) is 6.42 Å². The van der Waals surface area contributed by atoms with Crippen molar-refractivity contribution in [2.45, 2.75) is 12.5 Å². The third-order valence-electron chi connectivity index (χ3n) is 2.80. The minimum Gasteiger partial charge on any atom is -0.324 e. The van der Waals surface area contributed by atoms with Crippen molar-refractivity contribution in [1.29, 1.82) is 0 Å². The first-order valence-electron chi connectivity index (χ1n) is 5.62. The van der Waals surface area contributed by atoms with Gasteiger partial charge in [0.2, 0.25) is 0 Å². The van der Waals surface area contributed by atoms with Crippen molar-refractivity contribution in [3.8, 4) is 0 Å². The van der Waals surface area contributed by atoms with Gasteiger partial charge in [0.1, 0.15) is 5.82 Å². The fraction of sp³-hybridized carbons (Fsp3) is 0.143. The highest BCUT2D eigenvalue weighted by Crippen LogP contribution is 2.23. The molecule has 1 unspecified atom stereocenters. The van der Waals surface area contributed by atoms with Crippen molar-refractivity contribution < 1.29 is 13.2 Å². The topological polar surface area (TPSA) is 26.0 Å². The van der Waals surface area contributed by atoms with Gasteiger partial charge < -0.3 is 5.73 Å². The van der Waals surface area contributed by atoms with E-state index in [1.165, 1.54) is 12.1 Å². The lowest BCUT2D eigenvalue weighted by atomic mass is 9.99. The standard InChI is InChI=1S/C14H11BrF3N/c15-9-2-4-11(16)10(7-9)14(19)6-8-1-3-12(17)13(18)5-8/h1-5,7,14H,6,19H2. The molecule has 1 nitrogen and oxygen atoms in total. The first-order chi connectivity index (χ1) is 8.97. The summed E-state index contributed by atoms with van der Waals surface area (Å²) in [7, 11) is 0. The average Bonchev–Trinajstić information content (AvgIpc) is 2.36. The molecule has 5 heteroatoms. The summed E-state index contributed by atoms with van der Waals surface area (Å²) in [6.07, 6.45) is 0.227. The van der Waals surface area contributed by atoms with Crippen LogP contribution in [0.5, 0.6) is 0 Å². The lowest BCUT2D eigenvalue weighted by Gasteiger charge is -2.13. The van der Waals surface area contributed by atoms with Gasteiger partial charge in [-0.25, -0.2) is 13.2 Å². The molecule has 2 aromatic carbocycles. The molecule has 0 aliphatic rings. The Hall–Kier alpha value is -1.33. The Balaban J connectivity index is 2.22. The molecule has 100 valence electrons. The van der Waals surface area contributed by atoms with Gasteiger partial charge in [-0.1, -0.05) is 22.0 Å². The molecule has 0 heterocycles. The third-order valence-corrected chi connectivity index (χ3v) is 3.29. The van der Waals surface area contributed by atoms with Crippen molar-refractivity contribution in [3.05, 3.63) is 69.4 Å². The molecule has 2 N–H and O–H groups in total. The summed E-state index contributed by atoms with van der Waals surface area (Å²) in [5, 5.41) is 0. The van der Waals surface area contributed by atoms with Crippen LogP contribution in [0.1, 0.15) is 17.2 Å². The first kappa shape index (κ1) is 14.1. The van der Waals surface area contributed by atoms with Crippen LogP contribution < -0.4 is 5.73 Å². The molecule has 0 aliphatic heterocycles. The lowest BCUT2D eigenvalue weighted by Crippen LogP contribution is -2.15. The van der Waals surface area contributed by atoms with Crippen LogP contribution >= 0.6 is 15.9 Å². The van der Waals surface area contributed by atoms with Crippen molar-refractivity contribution in [1.82, 2.24) is 0 Å². The zero-order valence-electron chi connectivity index (χ0n) is 9.84. The van der Waals surface area contributed by atoms with Crippen molar-refractivity contribution >= 4 is 15.9 Å². The summed E-state index contributed by atoms with van der Waals surface area (Å²) in [6.45, 7) is 0. The molecule has 0 aromatic heterocycles. The highest BCUT2D eigenvalue weighted by molar-refractivity contribution is 9.10. The Morgan fingerprint density at radius 2 is 1.63 bits per heavy atom. The number of benzene rings is 2. The fourth-order valence-corrected chi connectivity index (χ4v) is 2.21. The van der Waals surface area contributed by atoms with Crippen LogP contribution in [0.25, 0.3) is 0 Å². The van der Waals surface area contributed by atoms with E-state index in [2.05, 4.69) is 15.9 Å². The SMILES string of the molecule is NC(Cc1ccc(F)c(F)c1)c1cc(Br)ccc1F. The maximum Gasteiger partial charge on any atom is 0.159 e. The quantitative estimate of drug-likeness (QED) is 0.901. The number of halogens is 4. The van der Waals surface area contributed by atoms with E-state index in [1.807, 2.05) is 0 Å². The second-order valence-corrected chi connectivity index (χ2v) is 5.14. The maximum atomic E-state index is 13.6. The lowest BCUT2D eigenvalue weighted by molar-refractivity contribution is 0.505. The molecule has 2 rings (SSSR count). The number of hydrogen-bond donors (Lipinski definition) is 1. The van der Waals surface area contributed by atoms with E-state index in [0.717, 1.165) is 12.1 Å². The van der Waals surface area contributed by atoms with Gasteiger partial charge in [-0.15, -0.1) is 0 Å². The van der Waals surface area contributed by atoms with Gasteiger partial charge in [0.05, 0.1) is 0 Å². The molecule has 0 aliphatic carbocycles. The molecule has 0 saturated heterocycles. The molecule has 0 spiro atoms. The van der Waals surface area contributed by atoms with E-state index >= 15 is 0 Å². The van der Waals surface area contributed by atoms with Crippen LogP contribution in [0, 0.1) is 17.5 Å². The van der Waals surface area contributed by atoms with Crippen LogP contribution in [0.2, 0.25) is 0 Å². The van der Waals surface area contributed by atoms with Crippen LogP contribution in [0.15, 0.2) is 40.9 Å². The monoisotopic (exact) mass is 329 g/mol. The molecule has 0 saturated carbocycles. The van der Waals surface area contributed by atoms with Crippen LogP contribution in [-0.4, -0.2) is 0 Å². The number of nitrogens with two attached hydrogens (primary N) is 1. The number of hydrogen-bond acceptors (Lipinski definition) is 1. The Morgan fingerprint density at radius 1 is 0.947 bits per heavy atom. The van der Waals surface area contributed by atoms with Gasteiger partial charge in [0, 0.05) is 16.1 Å². The van der Waals surface area contributed by atoms with E-state index in [9.17, 15) is 13.2 Å². The van der Waals surface area contributed by atoms with Gasteiger partial charge in [-0.3, -0.25) is 0 Å². The minimum atomic E-state index is -0.931. The van der Waals surface area contributed by atoms with Crippen molar-refractivity contribution in [2.75, 3.05) is 0 Å². The second-order valence-electron chi connectivity index (χ2n) is 4.22. The van der Waals surface area contributed by atoms with E-state index < -0.39 is 23.5 Å². The fourth-order valence-electron chi connectivity index (χ4n) is 1.83. The van der Waals surface area contributed by atoms with Crippen molar-refractivity contribution in [3.63, 3.8) is 0 Å². The predicted octanol–water partition coefficient (Wildman–Crippen LogP) is 4.11. The Morgan fingerprint density at radius 3 is 2.32 bits per heavy atom. The Bertz CT molecular complexity index is 601. The summed E-state index contributed by atoms with van der Waals surface area (Å²) in [4.78, 5) is 0. The van der Waals surface area contributed by atoms with E-state index in [4.69, 9.17) is 5.73 Å². The minimum absolute atomic E-state index is 0.227. The predicted molar refractivity (Wildman–Crippen MR) is 71.1 cm³/mol. The van der Waals surface area contributed by atoms with E-state index in [0.29, 0.717) is 15.6 Å². The van der Waals surface area contributed by atoms with E-state index in [1.54, 1.807) is 12.1 Å². The maximum absolute atomic E-state index is 13.6. The molecule has 19 heavy (non-hydrogen) atoms. The molecule has 2 aromatic rings. The largest absolute Gasteiger partial charge is 0.324 e. The summed E-state index contributed by atoms with van der Waals surface area (Å²) in [5.41, 5.74) is 6.76. The van der Waals surface area contributed by atoms with Gasteiger partial charge in [-0.2, -0.15) is 0 Å². The van der Waals surface area contributed by atoms with E-state index in [-0.39, 0.29) is 6.42 Å². The van der Waals surface area contributed by atoms with Gasteiger partial charge >= 0.3 is 0 Å². The molecule has 0 fully saturated rings. The molecular weight excluding hydrogens is 319 g/mol. The summed E-state index contributed by atoms with van der Waals surface area (Å²) in [5.74, 6) is -2.26. The summed E-state index contributed by atoms with van der Waals surface area (Å²) >= 11 is 3.24. The highest BCUT2D eigenvalue weighted by Gasteiger charge is 2.13. The molecule has 0 radical (unpaired) electrons. The summed E-state index contributed by atoms with van der Waals surface area (Å²) < 4.78 is 40.2. The molecule has 0 bridgehead atoms. The zero-order chi connectivity index (χ0) is 14.0. The van der Waals surface area contributed by atoms with Crippen LogP contribution in [0.4, 0.5) is 13.2 Å². The van der Waals surface area contributed by atoms with Gasteiger partial charge in [0.15, 0.2) is 11.6 Å². The van der Waals surface area contributed by atoms with Gasteiger partial charge in [0.25, 0.3) is 0 Å². The first-order valence-corrected chi connectivity index (χ1v) is 6.41. The summed E-state index contributed by atoms with van der Waals surface area (Å²) in [6, 6.07) is 7.39. The zero-order valence-corrected chi connectivity index (χ0v) is 11.4. The molecular formula is C14H11BrF3N. The smallest absolute Gasteiger partial charge is 0.159 e. The average molecular weight is 330 g/mol. The van der Waals surface area contributed by atoms with Crippen LogP contribution in [0.3, 0.4) is 0 Å². The van der Waals surface area contributed by atoms with Gasteiger partial charge in [-0.05, 0) is 42.3 Å². The Labute approximate surface area is 117 Å². The second kappa shape index (κ2) is 5.75.